The Kier molecular flexibility index (Phi) is 4.33. The van der Waals surface area contributed by atoms with Crippen LogP contribution < -0.4 is 14.2 Å². The highest BCUT2D eigenvalue weighted by molar-refractivity contribution is 6.14. The molecule has 2 aromatic rings. The molecule has 0 unspecified atom stereocenters. The van der Waals surface area contributed by atoms with E-state index >= 15 is 0 Å². The summed E-state index contributed by atoms with van der Waals surface area (Å²) in [4.78, 5) is 23.3. The minimum atomic E-state index is -0.379. The van der Waals surface area contributed by atoms with E-state index < -0.39 is 0 Å². The zero-order valence-corrected chi connectivity index (χ0v) is 13.4. The lowest BCUT2D eigenvalue weighted by molar-refractivity contribution is -0.131. The second-order valence-electron chi connectivity index (χ2n) is 5.19. The van der Waals surface area contributed by atoms with Gasteiger partial charge >= 0.3 is 5.97 Å². The van der Waals surface area contributed by atoms with Crippen molar-refractivity contribution in [2.45, 2.75) is 13.8 Å². The highest BCUT2D eigenvalue weighted by Gasteiger charge is 2.27. The van der Waals surface area contributed by atoms with Gasteiger partial charge in [0.05, 0.1) is 12.2 Å². The molecule has 3 rings (SSSR count). The molecule has 0 radical (unpaired) electrons. The van der Waals surface area contributed by atoms with Crippen molar-refractivity contribution >= 4 is 17.8 Å². The molecule has 24 heavy (non-hydrogen) atoms. The average molecular weight is 324 g/mol. The Bertz CT molecular complexity index is 818. The highest BCUT2D eigenvalue weighted by atomic mass is 16.5. The first kappa shape index (κ1) is 15.8. The minimum absolute atomic E-state index is 0.169. The van der Waals surface area contributed by atoms with Crippen molar-refractivity contribution in [3.05, 3.63) is 59.4 Å². The summed E-state index contributed by atoms with van der Waals surface area (Å²) in [5.74, 6) is 1.31. The van der Waals surface area contributed by atoms with Crippen LogP contribution in [0.5, 0.6) is 17.2 Å². The largest absolute Gasteiger partial charge is 0.494 e. The molecule has 0 fully saturated rings. The number of benzene rings is 2. The number of esters is 1. The van der Waals surface area contributed by atoms with E-state index in [1.165, 1.54) is 6.92 Å². The Hall–Kier alpha value is -3.08. The Morgan fingerprint density at radius 2 is 1.83 bits per heavy atom. The van der Waals surface area contributed by atoms with Crippen LogP contribution in [-0.2, 0) is 4.79 Å². The molecule has 0 N–H and O–H groups in total. The topological polar surface area (TPSA) is 61.8 Å². The van der Waals surface area contributed by atoms with Crippen molar-refractivity contribution in [2.75, 3.05) is 6.61 Å². The maximum absolute atomic E-state index is 12.4. The molecule has 122 valence electrons. The van der Waals surface area contributed by atoms with Gasteiger partial charge in [0.25, 0.3) is 0 Å². The van der Waals surface area contributed by atoms with E-state index in [4.69, 9.17) is 14.2 Å². The number of rotatable bonds is 4. The summed E-state index contributed by atoms with van der Waals surface area (Å²) in [6.07, 6.45) is 1.65. The van der Waals surface area contributed by atoms with E-state index in [2.05, 4.69) is 0 Å². The fourth-order valence-corrected chi connectivity index (χ4v) is 2.37. The summed E-state index contributed by atoms with van der Waals surface area (Å²) >= 11 is 0. The van der Waals surface area contributed by atoms with Crippen molar-refractivity contribution in [2.24, 2.45) is 0 Å². The van der Waals surface area contributed by atoms with Gasteiger partial charge in [-0.1, -0.05) is 12.1 Å². The van der Waals surface area contributed by atoms with E-state index in [0.717, 1.165) is 5.56 Å². The van der Waals surface area contributed by atoms with Crippen LogP contribution in [0.3, 0.4) is 0 Å². The van der Waals surface area contributed by atoms with Gasteiger partial charge in [0.1, 0.15) is 17.2 Å². The summed E-state index contributed by atoms with van der Waals surface area (Å²) in [7, 11) is 0. The van der Waals surface area contributed by atoms with Crippen molar-refractivity contribution < 1.29 is 23.8 Å². The average Bonchev–Trinajstić information content (AvgIpc) is 2.85. The van der Waals surface area contributed by atoms with E-state index in [-0.39, 0.29) is 17.5 Å². The van der Waals surface area contributed by atoms with Gasteiger partial charge in [0.2, 0.25) is 5.78 Å². The zero-order chi connectivity index (χ0) is 17.1. The summed E-state index contributed by atoms with van der Waals surface area (Å²) in [5.41, 5.74) is 1.29. The molecule has 1 aliphatic heterocycles. The molecule has 0 amide bonds. The molecule has 0 atom stereocenters. The van der Waals surface area contributed by atoms with Crippen LogP contribution in [0, 0.1) is 0 Å². The van der Waals surface area contributed by atoms with Gasteiger partial charge in [-0.15, -0.1) is 0 Å². The smallest absolute Gasteiger partial charge is 0.308 e. The summed E-state index contributed by atoms with van der Waals surface area (Å²) in [6.45, 7) is 3.78. The van der Waals surface area contributed by atoms with E-state index in [1.807, 2.05) is 6.92 Å². The third-order valence-corrected chi connectivity index (χ3v) is 3.39. The molecule has 1 aliphatic rings. The van der Waals surface area contributed by atoms with E-state index in [9.17, 15) is 9.59 Å². The Balaban J connectivity index is 1.81. The van der Waals surface area contributed by atoms with Gasteiger partial charge in [-0.2, -0.15) is 0 Å². The third-order valence-electron chi connectivity index (χ3n) is 3.39. The summed E-state index contributed by atoms with van der Waals surface area (Å²) in [6, 6.07) is 12.0. The van der Waals surface area contributed by atoms with Crippen LogP contribution in [0.15, 0.2) is 48.2 Å². The van der Waals surface area contributed by atoms with Crippen molar-refractivity contribution in [3.8, 4) is 17.2 Å². The lowest BCUT2D eigenvalue weighted by Crippen LogP contribution is -2.01. The number of ketones is 1. The molecule has 0 saturated carbocycles. The van der Waals surface area contributed by atoms with Crippen LogP contribution in [0.2, 0.25) is 0 Å². The summed E-state index contributed by atoms with van der Waals surface area (Å²) in [5, 5.41) is 0. The molecule has 5 nitrogen and oxygen atoms in total. The monoisotopic (exact) mass is 324 g/mol. The molecular formula is C19H16O5. The Labute approximate surface area is 139 Å². The van der Waals surface area contributed by atoms with Gasteiger partial charge in [0.15, 0.2) is 5.76 Å². The van der Waals surface area contributed by atoms with E-state index in [0.29, 0.717) is 29.4 Å². The number of hydrogen-bond donors (Lipinski definition) is 0. The SMILES string of the molecule is CCOc1ccc2c(c1)O/C(=C\c1ccc(OC(C)=O)cc1)C2=O. The number of carbonyl (C=O) groups excluding carboxylic acids is 2. The van der Waals surface area contributed by atoms with Crippen LogP contribution in [-0.4, -0.2) is 18.4 Å². The predicted octanol–water partition coefficient (Wildman–Crippen LogP) is 3.63. The quantitative estimate of drug-likeness (QED) is 0.488. The molecule has 2 aromatic carbocycles. The van der Waals surface area contributed by atoms with Gasteiger partial charge < -0.3 is 14.2 Å². The fraction of sp³-hybridized carbons (Fsp3) is 0.158. The Morgan fingerprint density at radius 3 is 2.50 bits per heavy atom. The maximum atomic E-state index is 12.4. The minimum Gasteiger partial charge on any atom is -0.494 e. The van der Waals surface area contributed by atoms with Crippen molar-refractivity contribution in [1.82, 2.24) is 0 Å². The van der Waals surface area contributed by atoms with Crippen LogP contribution >= 0.6 is 0 Å². The van der Waals surface area contributed by atoms with Gasteiger partial charge in [-0.25, -0.2) is 0 Å². The van der Waals surface area contributed by atoms with Gasteiger partial charge in [0, 0.05) is 13.0 Å². The predicted molar refractivity (Wildman–Crippen MR) is 88.3 cm³/mol. The molecule has 0 aromatic heterocycles. The molecule has 0 bridgehead atoms. The lowest BCUT2D eigenvalue weighted by atomic mass is 10.1. The zero-order valence-electron chi connectivity index (χ0n) is 13.4. The number of fused-ring (bicyclic) bond motifs is 1. The highest BCUT2D eigenvalue weighted by Crippen LogP contribution is 2.34. The van der Waals surface area contributed by atoms with E-state index in [1.54, 1.807) is 48.5 Å². The maximum Gasteiger partial charge on any atom is 0.308 e. The lowest BCUT2D eigenvalue weighted by Gasteiger charge is -2.04. The van der Waals surface area contributed by atoms with Gasteiger partial charge in [-0.05, 0) is 42.8 Å². The molecule has 5 heteroatoms. The normalized spacial score (nSPS) is 14.2. The van der Waals surface area contributed by atoms with Crippen LogP contribution in [0.25, 0.3) is 6.08 Å². The number of hydrogen-bond acceptors (Lipinski definition) is 5. The summed E-state index contributed by atoms with van der Waals surface area (Å²) < 4.78 is 16.0. The molecule has 0 aliphatic carbocycles. The first-order valence-corrected chi connectivity index (χ1v) is 7.56. The van der Waals surface area contributed by atoms with Crippen LogP contribution in [0.1, 0.15) is 29.8 Å². The van der Waals surface area contributed by atoms with Crippen molar-refractivity contribution in [3.63, 3.8) is 0 Å². The molecule has 0 saturated heterocycles. The molecule has 1 heterocycles. The first-order valence-electron chi connectivity index (χ1n) is 7.56. The molecule has 0 spiro atoms. The fourth-order valence-electron chi connectivity index (χ4n) is 2.37. The molecular weight excluding hydrogens is 308 g/mol. The van der Waals surface area contributed by atoms with Crippen LogP contribution in [0.4, 0.5) is 0 Å². The standard InChI is InChI=1S/C19H16O5/c1-3-22-15-8-9-16-17(11-15)24-18(19(16)21)10-13-4-6-14(7-5-13)23-12(2)20/h4-11H,3H2,1-2H3/b18-10-. The van der Waals surface area contributed by atoms with Crippen molar-refractivity contribution in [1.29, 1.82) is 0 Å². The second-order valence-corrected chi connectivity index (χ2v) is 5.19. The number of carbonyl (C=O) groups is 2. The second kappa shape index (κ2) is 6.58. The first-order chi connectivity index (χ1) is 11.6. The number of allylic oxidation sites excluding steroid dienone is 1. The van der Waals surface area contributed by atoms with Gasteiger partial charge in [-0.3, -0.25) is 9.59 Å². The third kappa shape index (κ3) is 3.30. The number of Topliss-reactive ketones (excluding diaryl/α,β-unsaturated/α-hetero) is 1. The number of ether oxygens (including phenoxy) is 3. The Morgan fingerprint density at radius 1 is 1.12 bits per heavy atom.